The predicted octanol–water partition coefficient (Wildman–Crippen LogP) is 3.57. The largest absolute Gasteiger partial charge is 0.252 e. The summed E-state index contributed by atoms with van der Waals surface area (Å²) in [6, 6.07) is 7.77. The lowest BCUT2D eigenvalue weighted by Crippen LogP contribution is -2.27. The van der Waals surface area contributed by atoms with Gasteiger partial charge < -0.3 is 0 Å². The Morgan fingerprint density at radius 1 is 1.00 bits per heavy atom. The van der Waals surface area contributed by atoms with Crippen molar-refractivity contribution in [3.63, 3.8) is 0 Å². The number of rotatable bonds is 3. The van der Waals surface area contributed by atoms with E-state index in [1.165, 1.54) is 16.2 Å². The summed E-state index contributed by atoms with van der Waals surface area (Å²) in [5.41, 5.74) is 0. The van der Waals surface area contributed by atoms with Crippen LogP contribution in [0.2, 0.25) is 0 Å². The topological polar surface area (TPSA) is 37.4 Å². The molecule has 3 heterocycles. The number of sulfonamides is 1. The first-order valence-corrected chi connectivity index (χ1v) is 9.31. The van der Waals surface area contributed by atoms with Gasteiger partial charge in [0, 0.05) is 27.7 Å². The molecule has 0 saturated carbocycles. The Kier molecular flexibility index (Phi) is 3.51. The lowest BCUT2D eigenvalue weighted by molar-refractivity contribution is 0.479. The molecule has 3 rings (SSSR count). The van der Waals surface area contributed by atoms with Crippen LogP contribution >= 0.6 is 22.7 Å². The number of hydrogen-bond acceptors (Lipinski definition) is 4. The fourth-order valence-corrected chi connectivity index (χ4v) is 6.15. The molecule has 19 heavy (non-hydrogen) atoms. The van der Waals surface area contributed by atoms with Crippen LogP contribution in [0.1, 0.15) is 17.7 Å². The standard InChI is InChI=1S/C13H15NO2S3/c1-10-4-5-11(17-10)12-6-7-13(18-12)19(15,16)14-8-2-3-9-14/h4-7H,2-3,8-9H2,1H3. The van der Waals surface area contributed by atoms with E-state index in [0.717, 1.165) is 22.6 Å². The molecule has 0 aliphatic carbocycles. The fraction of sp³-hybridized carbons (Fsp3) is 0.385. The van der Waals surface area contributed by atoms with Crippen molar-refractivity contribution in [2.45, 2.75) is 24.0 Å². The van der Waals surface area contributed by atoms with Crippen LogP contribution in [-0.2, 0) is 10.0 Å². The Hall–Kier alpha value is -0.690. The summed E-state index contributed by atoms with van der Waals surface area (Å²) >= 11 is 3.07. The average molecular weight is 313 g/mol. The van der Waals surface area contributed by atoms with E-state index >= 15 is 0 Å². The number of thiophene rings is 2. The van der Waals surface area contributed by atoms with Gasteiger partial charge in [-0.3, -0.25) is 0 Å². The quantitative estimate of drug-likeness (QED) is 0.868. The first-order chi connectivity index (χ1) is 9.07. The molecule has 0 bridgehead atoms. The van der Waals surface area contributed by atoms with Crippen molar-refractivity contribution < 1.29 is 8.42 Å². The molecular weight excluding hydrogens is 298 g/mol. The molecule has 0 N–H and O–H groups in total. The molecule has 2 aromatic rings. The van der Waals surface area contributed by atoms with Gasteiger partial charge in [0.2, 0.25) is 0 Å². The summed E-state index contributed by atoms with van der Waals surface area (Å²) in [4.78, 5) is 3.42. The molecule has 102 valence electrons. The van der Waals surface area contributed by atoms with E-state index < -0.39 is 10.0 Å². The third-order valence-corrected chi connectivity index (χ3v) is 7.87. The van der Waals surface area contributed by atoms with Gasteiger partial charge in [-0.2, -0.15) is 4.31 Å². The normalized spacial score (nSPS) is 17.1. The summed E-state index contributed by atoms with van der Waals surface area (Å²) in [6.45, 7) is 3.38. The Labute approximate surface area is 121 Å². The highest BCUT2D eigenvalue weighted by Gasteiger charge is 2.28. The second-order valence-corrected chi connectivity index (χ2v) is 9.18. The third-order valence-electron chi connectivity index (χ3n) is 3.22. The third kappa shape index (κ3) is 2.50. The van der Waals surface area contributed by atoms with Gasteiger partial charge in [0.05, 0.1) is 0 Å². The Morgan fingerprint density at radius 2 is 1.63 bits per heavy atom. The van der Waals surface area contributed by atoms with Crippen LogP contribution in [0.3, 0.4) is 0 Å². The van der Waals surface area contributed by atoms with E-state index in [1.54, 1.807) is 21.7 Å². The Balaban J connectivity index is 1.93. The number of nitrogens with zero attached hydrogens (tertiary/aromatic N) is 1. The van der Waals surface area contributed by atoms with Gasteiger partial charge in [-0.1, -0.05) is 0 Å². The fourth-order valence-electron chi connectivity index (χ4n) is 2.21. The lowest BCUT2D eigenvalue weighted by atomic mass is 10.4. The van der Waals surface area contributed by atoms with Crippen LogP contribution in [0.25, 0.3) is 9.75 Å². The summed E-state index contributed by atoms with van der Waals surface area (Å²) in [5, 5.41) is 0. The second kappa shape index (κ2) is 5.01. The molecule has 0 unspecified atom stereocenters. The molecule has 3 nitrogen and oxygen atoms in total. The van der Waals surface area contributed by atoms with Crippen molar-refractivity contribution in [1.29, 1.82) is 0 Å². The highest BCUT2D eigenvalue weighted by atomic mass is 32.2. The van der Waals surface area contributed by atoms with Crippen LogP contribution < -0.4 is 0 Å². The molecule has 0 atom stereocenters. The molecular formula is C13H15NO2S3. The smallest absolute Gasteiger partial charge is 0.206 e. The molecule has 0 aromatic carbocycles. The van der Waals surface area contributed by atoms with Crippen molar-refractivity contribution in [2.75, 3.05) is 13.1 Å². The van der Waals surface area contributed by atoms with Crippen molar-refractivity contribution in [3.8, 4) is 9.75 Å². The molecule has 2 aromatic heterocycles. The van der Waals surface area contributed by atoms with Crippen molar-refractivity contribution in [1.82, 2.24) is 4.31 Å². The van der Waals surface area contributed by atoms with Gasteiger partial charge in [-0.15, -0.1) is 22.7 Å². The SMILES string of the molecule is Cc1ccc(-c2ccc(S(=O)(=O)N3CCCC3)s2)s1. The summed E-state index contributed by atoms with van der Waals surface area (Å²) in [7, 11) is -3.26. The Morgan fingerprint density at radius 3 is 2.26 bits per heavy atom. The van der Waals surface area contributed by atoms with Gasteiger partial charge >= 0.3 is 0 Å². The van der Waals surface area contributed by atoms with Gasteiger partial charge in [0.25, 0.3) is 10.0 Å². The maximum Gasteiger partial charge on any atom is 0.252 e. The molecule has 1 fully saturated rings. The minimum atomic E-state index is -3.26. The highest BCUT2D eigenvalue weighted by molar-refractivity contribution is 7.91. The van der Waals surface area contributed by atoms with Gasteiger partial charge in [-0.25, -0.2) is 8.42 Å². The van der Waals surface area contributed by atoms with Crippen molar-refractivity contribution >= 4 is 32.7 Å². The van der Waals surface area contributed by atoms with E-state index in [9.17, 15) is 8.42 Å². The van der Waals surface area contributed by atoms with Crippen LogP contribution in [-0.4, -0.2) is 25.8 Å². The Bertz CT molecular complexity index is 678. The minimum Gasteiger partial charge on any atom is -0.206 e. The molecule has 1 saturated heterocycles. The maximum atomic E-state index is 12.4. The van der Waals surface area contributed by atoms with Gasteiger partial charge in [0.15, 0.2) is 0 Å². The summed E-state index contributed by atoms with van der Waals surface area (Å²) in [5.74, 6) is 0. The first kappa shape index (κ1) is 13.3. The van der Waals surface area contributed by atoms with Gasteiger partial charge in [-0.05, 0) is 44.0 Å². The monoisotopic (exact) mass is 313 g/mol. The van der Waals surface area contributed by atoms with Crippen LogP contribution in [0.5, 0.6) is 0 Å². The van der Waals surface area contributed by atoms with E-state index in [2.05, 4.69) is 19.1 Å². The molecule has 0 amide bonds. The van der Waals surface area contributed by atoms with E-state index in [1.807, 2.05) is 6.07 Å². The number of hydrogen-bond donors (Lipinski definition) is 0. The zero-order chi connectivity index (χ0) is 13.5. The second-order valence-electron chi connectivity index (χ2n) is 4.64. The predicted molar refractivity (Wildman–Crippen MR) is 80.4 cm³/mol. The summed E-state index contributed by atoms with van der Waals surface area (Å²) in [6.07, 6.45) is 1.95. The molecule has 1 aliphatic rings. The maximum absolute atomic E-state index is 12.4. The molecule has 0 radical (unpaired) electrons. The lowest BCUT2D eigenvalue weighted by Gasteiger charge is -2.13. The van der Waals surface area contributed by atoms with E-state index in [4.69, 9.17) is 0 Å². The number of aryl methyl sites for hydroxylation is 1. The average Bonchev–Trinajstić information content (AvgIpc) is 3.10. The summed E-state index contributed by atoms with van der Waals surface area (Å²) < 4.78 is 26.9. The first-order valence-electron chi connectivity index (χ1n) is 6.24. The van der Waals surface area contributed by atoms with Crippen LogP contribution in [0, 0.1) is 6.92 Å². The zero-order valence-corrected chi connectivity index (χ0v) is 13.1. The van der Waals surface area contributed by atoms with E-state index in [0.29, 0.717) is 17.3 Å². The van der Waals surface area contributed by atoms with Crippen molar-refractivity contribution in [2.24, 2.45) is 0 Å². The van der Waals surface area contributed by atoms with Crippen molar-refractivity contribution in [3.05, 3.63) is 29.1 Å². The molecule has 6 heteroatoms. The van der Waals surface area contributed by atoms with Crippen LogP contribution in [0.4, 0.5) is 0 Å². The molecule has 0 spiro atoms. The molecule has 1 aliphatic heterocycles. The minimum absolute atomic E-state index is 0.468. The highest BCUT2D eigenvalue weighted by Crippen LogP contribution is 2.36. The van der Waals surface area contributed by atoms with E-state index in [-0.39, 0.29) is 0 Å². The zero-order valence-electron chi connectivity index (χ0n) is 10.6. The van der Waals surface area contributed by atoms with Crippen LogP contribution in [0.15, 0.2) is 28.5 Å². The van der Waals surface area contributed by atoms with Gasteiger partial charge in [0.1, 0.15) is 4.21 Å².